The van der Waals surface area contributed by atoms with E-state index in [0.29, 0.717) is 17.2 Å². The minimum atomic E-state index is -0.434. The summed E-state index contributed by atoms with van der Waals surface area (Å²) in [6.45, 7) is 6.70. The average Bonchev–Trinajstić information content (AvgIpc) is 2.85. The number of aromatic nitrogens is 2. The number of aromatic amines is 1. The van der Waals surface area contributed by atoms with Crippen LogP contribution in [0.5, 0.6) is 0 Å². The molecule has 0 amide bonds. The van der Waals surface area contributed by atoms with Gasteiger partial charge in [-0.3, -0.25) is 0 Å². The molecule has 0 spiro atoms. The molecule has 1 N–H and O–H groups in total. The van der Waals surface area contributed by atoms with Crippen molar-refractivity contribution in [1.29, 1.82) is 0 Å². The van der Waals surface area contributed by atoms with Crippen molar-refractivity contribution in [2.45, 2.75) is 58.0 Å². The van der Waals surface area contributed by atoms with E-state index in [1.807, 2.05) is 20.8 Å². The van der Waals surface area contributed by atoms with Crippen LogP contribution in [-0.2, 0) is 10.3 Å². The molecule has 2 rings (SSSR count). The molecule has 0 radical (unpaired) electrons. The van der Waals surface area contributed by atoms with Crippen molar-refractivity contribution < 1.29 is 4.74 Å². The highest BCUT2D eigenvalue weighted by molar-refractivity contribution is 9.10. The van der Waals surface area contributed by atoms with Gasteiger partial charge in [-0.15, -0.1) is 0 Å². The van der Waals surface area contributed by atoms with Crippen molar-refractivity contribution >= 4 is 28.1 Å². The molecule has 5 heteroatoms. The highest BCUT2D eigenvalue weighted by Gasteiger charge is 2.27. The third-order valence-electron chi connectivity index (χ3n) is 3.73. The zero-order valence-electron chi connectivity index (χ0n) is 11.8. The van der Waals surface area contributed by atoms with Gasteiger partial charge in [0.25, 0.3) is 0 Å². The second-order valence-corrected chi connectivity index (χ2v) is 6.72. The predicted octanol–water partition coefficient (Wildman–Crippen LogP) is 4.83. The maximum absolute atomic E-state index is 5.77. The number of nitrogens with zero attached hydrogens (tertiary/aromatic N) is 1. The van der Waals surface area contributed by atoms with Gasteiger partial charge in [0, 0.05) is 18.2 Å². The van der Waals surface area contributed by atoms with E-state index in [-0.39, 0.29) is 0 Å². The van der Waals surface area contributed by atoms with E-state index >= 15 is 0 Å². The lowest BCUT2D eigenvalue weighted by Crippen LogP contribution is -2.25. The summed E-state index contributed by atoms with van der Waals surface area (Å²) < 4.78 is 7.35. The standard InChI is InChI=1S/C14H21BrN2OS/c1-4-18-14(2,3)13-16-11(9-7-5-6-8-9)10(15)12(19)17-13/h9H,4-8H2,1-3H3,(H,16,17,19). The zero-order valence-corrected chi connectivity index (χ0v) is 14.2. The average molecular weight is 345 g/mol. The SMILES string of the molecule is CCOC(C)(C)c1nc(=S)c(Br)c(C2CCCC2)[nH]1. The van der Waals surface area contributed by atoms with Gasteiger partial charge in [-0.2, -0.15) is 0 Å². The van der Waals surface area contributed by atoms with Gasteiger partial charge in [-0.1, -0.05) is 25.1 Å². The second-order valence-electron chi connectivity index (χ2n) is 5.54. The van der Waals surface area contributed by atoms with E-state index in [0.717, 1.165) is 10.3 Å². The zero-order chi connectivity index (χ0) is 14.0. The van der Waals surface area contributed by atoms with Crippen molar-refractivity contribution in [3.8, 4) is 0 Å². The molecule has 106 valence electrons. The Hall–Kier alpha value is -0.260. The molecule has 0 saturated heterocycles. The fraction of sp³-hybridized carbons (Fsp3) is 0.714. The summed E-state index contributed by atoms with van der Waals surface area (Å²) in [5.41, 5.74) is 0.761. The van der Waals surface area contributed by atoms with Crippen LogP contribution in [0.15, 0.2) is 4.47 Å². The van der Waals surface area contributed by atoms with E-state index < -0.39 is 5.60 Å². The van der Waals surface area contributed by atoms with Gasteiger partial charge >= 0.3 is 0 Å². The lowest BCUT2D eigenvalue weighted by Gasteiger charge is -2.25. The Morgan fingerprint density at radius 1 is 1.42 bits per heavy atom. The first-order valence-electron chi connectivity index (χ1n) is 6.90. The molecule has 1 heterocycles. The summed E-state index contributed by atoms with van der Waals surface area (Å²) >= 11 is 8.97. The molecule has 0 bridgehead atoms. The minimum Gasteiger partial charge on any atom is -0.368 e. The Bertz CT molecular complexity index is 507. The quantitative estimate of drug-likeness (QED) is 0.794. The molecule has 1 aromatic rings. The van der Waals surface area contributed by atoms with E-state index in [2.05, 4.69) is 25.9 Å². The highest BCUT2D eigenvalue weighted by atomic mass is 79.9. The molecule has 1 aliphatic rings. The number of hydrogen-bond acceptors (Lipinski definition) is 3. The fourth-order valence-corrected chi connectivity index (χ4v) is 3.40. The molecule has 1 fully saturated rings. The third-order valence-corrected chi connectivity index (χ3v) is 5.09. The van der Waals surface area contributed by atoms with Crippen LogP contribution in [0.25, 0.3) is 0 Å². The largest absolute Gasteiger partial charge is 0.368 e. The second kappa shape index (κ2) is 6.02. The van der Waals surface area contributed by atoms with Gasteiger partial charge in [-0.25, -0.2) is 4.98 Å². The predicted molar refractivity (Wildman–Crippen MR) is 83.0 cm³/mol. The number of ether oxygens (including phenoxy) is 1. The van der Waals surface area contributed by atoms with Gasteiger partial charge in [0.2, 0.25) is 0 Å². The van der Waals surface area contributed by atoms with Gasteiger partial charge in [0.05, 0.1) is 4.47 Å². The molecule has 3 nitrogen and oxygen atoms in total. The smallest absolute Gasteiger partial charge is 0.144 e. The van der Waals surface area contributed by atoms with E-state index in [1.165, 1.54) is 31.4 Å². The van der Waals surface area contributed by atoms with Crippen LogP contribution in [0.4, 0.5) is 0 Å². The first-order chi connectivity index (χ1) is 8.95. The topological polar surface area (TPSA) is 37.9 Å². The molecule has 0 aromatic carbocycles. The van der Waals surface area contributed by atoms with Gasteiger partial charge in [0.15, 0.2) is 0 Å². The van der Waals surface area contributed by atoms with Crippen molar-refractivity contribution in [1.82, 2.24) is 9.97 Å². The van der Waals surface area contributed by atoms with Crippen molar-refractivity contribution in [3.63, 3.8) is 0 Å². The summed E-state index contributed by atoms with van der Waals surface area (Å²) in [5.74, 6) is 1.39. The van der Waals surface area contributed by atoms with Crippen molar-refractivity contribution in [2.24, 2.45) is 0 Å². The van der Waals surface area contributed by atoms with Crippen LogP contribution in [0.2, 0.25) is 0 Å². The third kappa shape index (κ3) is 3.26. The van der Waals surface area contributed by atoms with Crippen LogP contribution in [-0.4, -0.2) is 16.6 Å². The normalized spacial score (nSPS) is 17.1. The molecule has 0 unspecified atom stereocenters. The number of rotatable bonds is 4. The first-order valence-corrected chi connectivity index (χ1v) is 8.10. The summed E-state index contributed by atoms with van der Waals surface area (Å²) in [7, 11) is 0. The maximum atomic E-state index is 5.77. The Balaban J connectivity index is 2.44. The van der Waals surface area contributed by atoms with Crippen molar-refractivity contribution in [2.75, 3.05) is 6.61 Å². The van der Waals surface area contributed by atoms with Gasteiger partial charge in [0.1, 0.15) is 16.1 Å². The summed E-state index contributed by atoms with van der Waals surface area (Å²) in [6.07, 6.45) is 5.04. The lowest BCUT2D eigenvalue weighted by molar-refractivity contribution is -0.0211. The summed E-state index contributed by atoms with van der Waals surface area (Å²) in [6, 6.07) is 0. The van der Waals surface area contributed by atoms with E-state index in [1.54, 1.807) is 0 Å². The van der Waals surface area contributed by atoms with Gasteiger partial charge < -0.3 is 9.72 Å². The number of H-pyrrole nitrogens is 1. The number of hydrogen-bond donors (Lipinski definition) is 1. The highest BCUT2D eigenvalue weighted by Crippen LogP contribution is 2.37. The minimum absolute atomic E-state index is 0.434. The molecule has 1 saturated carbocycles. The molecular formula is C14H21BrN2OS. The van der Waals surface area contributed by atoms with Crippen molar-refractivity contribution in [3.05, 3.63) is 20.6 Å². The Kier molecular flexibility index (Phi) is 4.79. The molecule has 19 heavy (non-hydrogen) atoms. The lowest BCUT2D eigenvalue weighted by atomic mass is 10.0. The molecule has 0 aliphatic heterocycles. The van der Waals surface area contributed by atoms with E-state index in [4.69, 9.17) is 17.0 Å². The van der Waals surface area contributed by atoms with Gasteiger partial charge in [-0.05, 0) is 49.5 Å². The van der Waals surface area contributed by atoms with Crippen LogP contribution in [0.3, 0.4) is 0 Å². The molecule has 0 atom stereocenters. The fourth-order valence-electron chi connectivity index (χ4n) is 2.69. The maximum Gasteiger partial charge on any atom is 0.144 e. The van der Waals surface area contributed by atoms with Crippen LogP contribution < -0.4 is 0 Å². The Morgan fingerprint density at radius 3 is 2.63 bits per heavy atom. The van der Waals surface area contributed by atoms with Crippen LogP contribution in [0.1, 0.15) is 63.9 Å². The molecule has 1 aliphatic carbocycles. The Morgan fingerprint density at radius 2 is 2.05 bits per heavy atom. The monoisotopic (exact) mass is 344 g/mol. The molecular weight excluding hydrogens is 324 g/mol. The summed E-state index contributed by atoms with van der Waals surface area (Å²) in [4.78, 5) is 7.95. The van der Waals surface area contributed by atoms with E-state index in [9.17, 15) is 0 Å². The number of nitrogens with one attached hydrogen (secondary N) is 1. The first kappa shape index (κ1) is 15.1. The number of halogens is 1. The molecule has 1 aromatic heterocycles. The summed E-state index contributed by atoms with van der Waals surface area (Å²) in [5, 5.41) is 0. The van der Waals surface area contributed by atoms with Crippen LogP contribution in [0, 0.1) is 4.64 Å². The van der Waals surface area contributed by atoms with Crippen LogP contribution >= 0.6 is 28.1 Å². The Labute approximate surface area is 128 Å².